The van der Waals surface area contributed by atoms with Crippen LogP contribution in [0.3, 0.4) is 0 Å². The summed E-state index contributed by atoms with van der Waals surface area (Å²) in [6.45, 7) is 18.1. The van der Waals surface area contributed by atoms with E-state index in [1.807, 2.05) is 30.3 Å². The predicted molar refractivity (Wildman–Crippen MR) is 88.8 cm³/mol. The molecule has 0 aromatic heterocycles. The second-order valence-corrected chi connectivity index (χ2v) is 4.71. The molecule has 0 aliphatic rings. The van der Waals surface area contributed by atoms with E-state index in [1.165, 1.54) is 6.47 Å². The maximum atomic E-state index is 10.3. The first-order valence-electron chi connectivity index (χ1n) is 7.58. The molecule has 0 aliphatic carbocycles. The molecule has 0 saturated heterocycles. The number of ether oxygens (including phenoxy) is 3. The van der Waals surface area contributed by atoms with Crippen LogP contribution in [-0.2, 0) is 56.6 Å². The Morgan fingerprint density at radius 3 is 2.04 bits per heavy atom. The minimum absolute atomic E-state index is 0. The average molecular weight is 419 g/mol. The van der Waals surface area contributed by atoms with E-state index in [1.54, 1.807) is 7.11 Å². The van der Waals surface area contributed by atoms with Crippen molar-refractivity contribution in [1.82, 2.24) is 0 Å². The summed E-state index contributed by atoms with van der Waals surface area (Å²) in [5.74, 6) is 0. The number of rotatable bonds is 11. The summed E-state index contributed by atoms with van der Waals surface area (Å²) in [6, 6.07) is 9.98. The van der Waals surface area contributed by atoms with Crippen molar-refractivity contribution in [3.8, 4) is 0 Å². The third kappa shape index (κ3) is 20.5. The fourth-order valence-corrected chi connectivity index (χ4v) is 2.02. The van der Waals surface area contributed by atoms with E-state index in [4.69, 9.17) is 28.2 Å². The second-order valence-electron chi connectivity index (χ2n) is 4.71. The summed E-state index contributed by atoms with van der Waals surface area (Å²) >= 11 is 0. The summed E-state index contributed by atoms with van der Waals surface area (Å²) in [4.78, 5) is 10.3. The molecule has 1 rings (SSSR count). The fourth-order valence-electron chi connectivity index (χ4n) is 2.02. The van der Waals surface area contributed by atoms with E-state index in [2.05, 4.69) is 26.9 Å². The van der Waals surface area contributed by atoms with Gasteiger partial charge in [-0.2, -0.15) is 0 Å². The van der Waals surface area contributed by atoms with E-state index in [0.29, 0.717) is 19.6 Å². The Labute approximate surface area is 171 Å². The predicted octanol–water partition coefficient (Wildman–Crippen LogP) is 2.75. The molecule has 0 unspecified atom stereocenters. The van der Waals surface area contributed by atoms with Crippen LogP contribution in [0.1, 0.15) is 31.7 Å². The Morgan fingerprint density at radius 1 is 1.04 bits per heavy atom. The maximum Gasteiger partial charge on any atom is 0 e. The van der Waals surface area contributed by atoms with Crippen molar-refractivity contribution >= 4 is 6.47 Å². The van der Waals surface area contributed by atoms with Crippen LogP contribution in [0.2, 0.25) is 0 Å². The van der Waals surface area contributed by atoms with Crippen molar-refractivity contribution in [2.75, 3.05) is 13.7 Å². The van der Waals surface area contributed by atoms with Crippen LogP contribution in [0, 0.1) is 20.0 Å². The summed E-state index contributed by atoms with van der Waals surface area (Å²) in [7, 11) is 1.64. The molecule has 0 bridgehead atoms. The van der Waals surface area contributed by atoms with E-state index in [0.717, 1.165) is 18.4 Å². The first-order valence-corrected chi connectivity index (χ1v) is 7.58. The van der Waals surface area contributed by atoms with Gasteiger partial charge in [0.25, 0.3) is 0 Å². The topological polar surface area (TPSA) is 104 Å². The SMILES string of the molecule is CCC[C@@H](C[C@@H](COCc1ccccc1)OC)O[C-]=O.[C-]#[O+].[C-]#[O+].[C-]#[O+].[Fe]. The zero-order valence-electron chi connectivity index (χ0n) is 15.3. The Morgan fingerprint density at radius 2 is 1.59 bits per heavy atom. The molecule has 0 saturated carbocycles. The monoisotopic (exact) mass is 419 g/mol. The Kier molecular flexibility index (Phi) is 35.6. The number of hydrogen-bond acceptors (Lipinski definition) is 4. The summed E-state index contributed by atoms with van der Waals surface area (Å²) in [5.41, 5.74) is 1.13. The van der Waals surface area contributed by atoms with Crippen molar-refractivity contribution < 1.29 is 50.0 Å². The van der Waals surface area contributed by atoms with Crippen molar-refractivity contribution in [1.29, 1.82) is 0 Å². The molecule has 2 atom stereocenters. The van der Waals surface area contributed by atoms with Crippen LogP contribution in [0.4, 0.5) is 0 Å². The van der Waals surface area contributed by atoms with Gasteiger partial charge in [-0.3, -0.25) is 0 Å². The molecule has 0 N–H and O–H groups in total. The van der Waals surface area contributed by atoms with Crippen LogP contribution in [0.5, 0.6) is 0 Å². The summed E-state index contributed by atoms with van der Waals surface area (Å²) in [5, 5.41) is 0. The van der Waals surface area contributed by atoms with Crippen LogP contribution in [0.15, 0.2) is 30.3 Å². The van der Waals surface area contributed by atoms with Gasteiger partial charge in [0.1, 0.15) is 0 Å². The molecule has 27 heavy (non-hydrogen) atoms. The standard InChI is InChI=1S/C16H23O4.3CO.Fe/c1-3-7-15(20-13-17)10-16(18-2)12-19-11-14-8-5-4-6-9-14;3*1-2;/h4-6,8-9,15-16H,3,7,10-12H2,1-2H3;;;;/q-1;;;;/t15-,16-;;;;/m0..../s1. The molecule has 0 aliphatic heterocycles. The van der Waals surface area contributed by atoms with Gasteiger partial charge in [-0.05, 0) is 12.0 Å². The molecule has 0 spiro atoms. The number of carbonyl (C=O) groups excluding carboxylic acids is 1. The third-order valence-corrected chi connectivity index (χ3v) is 3.10. The van der Waals surface area contributed by atoms with Crippen LogP contribution >= 0.6 is 0 Å². The second kappa shape index (κ2) is 29.1. The third-order valence-electron chi connectivity index (χ3n) is 3.10. The molecule has 150 valence electrons. The zero-order chi connectivity index (χ0) is 20.6. The average Bonchev–Trinajstić information content (AvgIpc) is 2.73. The van der Waals surface area contributed by atoms with Gasteiger partial charge in [-0.1, -0.05) is 50.1 Å². The van der Waals surface area contributed by atoms with Crippen molar-refractivity contribution in [2.45, 2.75) is 45.0 Å². The number of hydrogen-bond donors (Lipinski definition) is 0. The van der Waals surface area contributed by atoms with Gasteiger partial charge >= 0.3 is 33.9 Å². The van der Waals surface area contributed by atoms with E-state index in [-0.39, 0.29) is 29.3 Å². The largest absolute Gasteiger partial charge is 0 e. The first-order chi connectivity index (χ1) is 12.8. The molecule has 1 aromatic carbocycles. The van der Waals surface area contributed by atoms with Gasteiger partial charge in [0.2, 0.25) is 0 Å². The molecule has 0 fully saturated rings. The molecule has 8 heteroatoms. The molecular weight excluding hydrogens is 396 g/mol. The minimum Gasteiger partial charge on any atom is 0 e. The van der Waals surface area contributed by atoms with E-state index < -0.39 is 0 Å². The quantitative estimate of drug-likeness (QED) is 0.313. The zero-order valence-corrected chi connectivity index (χ0v) is 16.4. The van der Waals surface area contributed by atoms with E-state index in [9.17, 15) is 4.79 Å². The van der Waals surface area contributed by atoms with Gasteiger partial charge in [0, 0.05) is 30.6 Å². The van der Waals surface area contributed by atoms with Gasteiger partial charge in [-0.25, -0.2) is 0 Å². The Hall–Kier alpha value is -1.65. The van der Waals surface area contributed by atoms with Crippen LogP contribution < -0.4 is 0 Å². The normalized spacial score (nSPS) is 10.4. The van der Waals surface area contributed by atoms with Crippen LogP contribution in [-0.4, -0.2) is 32.4 Å². The van der Waals surface area contributed by atoms with Gasteiger partial charge in [0.15, 0.2) is 0 Å². The van der Waals surface area contributed by atoms with Crippen LogP contribution in [0.25, 0.3) is 0 Å². The number of methoxy groups -OCH3 is 1. The Balaban J connectivity index is -0.000000342. The molecule has 7 nitrogen and oxygen atoms in total. The first kappa shape index (κ1) is 33.0. The summed E-state index contributed by atoms with van der Waals surface area (Å²) in [6.07, 6.45) is 2.17. The minimum atomic E-state index is -0.150. The molecule has 0 amide bonds. The summed E-state index contributed by atoms with van der Waals surface area (Å²) < 4.78 is 38.5. The van der Waals surface area contributed by atoms with Crippen molar-refractivity contribution in [2.24, 2.45) is 0 Å². The van der Waals surface area contributed by atoms with Crippen molar-refractivity contribution in [3.63, 3.8) is 0 Å². The smallest absolute Gasteiger partial charge is 0 e. The molecule has 0 heterocycles. The number of benzene rings is 1. The maximum absolute atomic E-state index is 10.3. The van der Waals surface area contributed by atoms with Gasteiger partial charge < -0.3 is 19.0 Å². The van der Waals surface area contributed by atoms with Gasteiger partial charge in [0.05, 0.1) is 25.4 Å². The molecular formula is C19H23FeO7-. The van der Waals surface area contributed by atoms with E-state index >= 15 is 0 Å². The van der Waals surface area contributed by atoms with Gasteiger partial charge in [-0.15, -0.1) is 0 Å². The molecule has 1 aromatic rings. The fraction of sp³-hybridized carbons (Fsp3) is 0.474. The van der Waals surface area contributed by atoms with Crippen molar-refractivity contribution in [3.05, 3.63) is 55.8 Å². The molecule has 0 radical (unpaired) electrons. The Bertz CT molecular complexity index is 460.